The van der Waals surface area contributed by atoms with Crippen LogP contribution in [0.2, 0.25) is 0 Å². The predicted octanol–water partition coefficient (Wildman–Crippen LogP) is 3.71. The van der Waals surface area contributed by atoms with Gasteiger partial charge in [-0.2, -0.15) is 4.31 Å². The van der Waals surface area contributed by atoms with Gasteiger partial charge in [0.1, 0.15) is 0 Å². The second-order valence-electron chi connectivity index (χ2n) is 10.4. The van der Waals surface area contributed by atoms with Crippen LogP contribution in [0, 0.1) is 16.7 Å². The third-order valence-corrected chi connectivity index (χ3v) is 9.83. The quantitative estimate of drug-likeness (QED) is 0.560. The lowest BCUT2D eigenvalue weighted by Crippen LogP contribution is -2.41. The number of sulfonamides is 1. The minimum Gasteiger partial charge on any atom is -0.385 e. The van der Waals surface area contributed by atoms with E-state index in [1.807, 2.05) is 0 Å². The summed E-state index contributed by atoms with van der Waals surface area (Å²) in [5.74, 6) is 0.197. The fraction of sp³-hybridized carbons (Fsp3) is 0.680. The molecule has 0 N–H and O–H groups in total. The molecule has 2 bridgehead atoms. The van der Waals surface area contributed by atoms with E-state index in [1.165, 1.54) is 16.8 Å². The van der Waals surface area contributed by atoms with Crippen molar-refractivity contribution in [2.75, 3.05) is 40.0 Å². The molecule has 182 valence electrons. The molecule has 1 aromatic rings. The molecule has 0 radical (unpaired) electrons. The van der Waals surface area contributed by atoms with Gasteiger partial charge >= 0.3 is 0 Å². The topological polar surface area (TPSA) is 85.3 Å². The zero-order chi connectivity index (χ0) is 23.9. The summed E-state index contributed by atoms with van der Waals surface area (Å²) >= 11 is 0. The number of morpholine rings is 1. The van der Waals surface area contributed by atoms with Gasteiger partial charge in [-0.25, -0.2) is 13.4 Å². The van der Waals surface area contributed by atoms with Crippen LogP contribution < -0.4 is 0 Å². The molecule has 2 saturated carbocycles. The molecule has 2 atom stereocenters. The van der Waals surface area contributed by atoms with Crippen molar-refractivity contribution >= 4 is 21.6 Å². The first kappa shape index (κ1) is 24.5. The number of carbonyl (C=O) groups is 1. The molecule has 1 heterocycles. The highest BCUT2D eigenvalue weighted by atomic mass is 32.2. The molecule has 1 saturated heterocycles. The van der Waals surface area contributed by atoms with Crippen LogP contribution >= 0.6 is 0 Å². The van der Waals surface area contributed by atoms with Crippen molar-refractivity contribution in [1.29, 1.82) is 0 Å². The summed E-state index contributed by atoms with van der Waals surface area (Å²) in [7, 11) is -2.12. The van der Waals surface area contributed by atoms with Gasteiger partial charge in [0.2, 0.25) is 10.0 Å². The number of aliphatic imine (C=N–C) groups is 1. The molecule has 0 unspecified atom stereocenters. The summed E-state index contributed by atoms with van der Waals surface area (Å²) in [6.07, 6.45) is 4.56. The maximum absolute atomic E-state index is 13.5. The smallest absolute Gasteiger partial charge is 0.276 e. The summed E-state index contributed by atoms with van der Waals surface area (Å²) < 4.78 is 39.0. The Balaban J connectivity index is 1.69. The number of benzene rings is 1. The Morgan fingerprint density at radius 2 is 1.97 bits per heavy atom. The van der Waals surface area contributed by atoms with Crippen LogP contribution in [-0.2, 0) is 25.9 Å². The molecule has 1 amide bonds. The molecule has 7 nitrogen and oxygen atoms in total. The van der Waals surface area contributed by atoms with Gasteiger partial charge < -0.3 is 9.47 Å². The van der Waals surface area contributed by atoms with Gasteiger partial charge in [-0.1, -0.05) is 26.8 Å². The third kappa shape index (κ3) is 4.55. The van der Waals surface area contributed by atoms with E-state index in [1.54, 1.807) is 19.2 Å². The summed E-state index contributed by atoms with van der Waals surface area (Å²) in [6, 6.07) is 5.02. The van der Waals surface area contributed by atoms with Gasteiger partial charge in [-0.3, -0.25) is 4.79 Å². The van der Waals surface area contributed by atoms with E-state index in [2.05, 4.69) is 25.8 Å². The predicted molar refractivity (Wildman–Crippen MR) is 127 cm³/mol. The fourth-order valence-corrected chi connectivity index (χ4v) is 7.64. The molecule has 1 aromatic carbocycles. The molecule has 3 fully saturated rings. The van der Waals surface area contributed by atoms with E-state index < -0.39 is 10.0 Å². The van der Waals surface area contributed by atoms with E-state index in [9.17, 15) is 13.2 Å². The lowest BCUT2D eigenvalue weighted by atomic mass is 9.71. The molecule has 2 aliphatic carbocycles. The molecule has 3 aliphatic rings. The SMILES string of the molecule is COCCCc1ccc(C(=O)N=C2C(C)(C)[C@@H]3CC[C@@]2(C)C3)cc1S(=O)(=O)N1CCOCC1. The fourth-order valence-electron chi connectivity index (χ4n) is 5.96. The van der Waals surface area contributed by atoms with Crippen LogP contribution in [0.1, 0.15) is 62.4 Å². The van der Waals surface area contributed by atoms with Gasteiger partial charge in [0.05, 0.1) is 18.1 Å². The second-order valence-corrected chi connectivity index (χ2v) is 12.3. The van der Waals surface area contributed by atoms with Crippen LogP contribution in [0.4, 0.5) is 0 Å². The van der Waals surface area contributed by atoms with E-state index in [0.717, 1.165) is 18.6 Å². The minimum atomic E-state index is -3.74. The van der Waals surface area contributed by atoms with Crippen molar-refractivity contribution < 1.29 is 22.7 Å². The molecule has 4 rings (SSSR count). The van der Waals surface area contributed by atoms with Crippen LogP contribution in [0.3, 0.4) is 0 Å². The number of aryl methyl sites for hydroxylation is 1. The van der Waals surface area contributed by atoms with Gasteiger partial charge in [0.25, 0.3) is 5.91 Å². The van der Waals surface area contributed by atoms with Crippen molar-refractivity contribution in [2.45, 2.75) is 57.8 Å². The van der Waals surface area contributed by atoms with E-state index in [4.69, 9.17) is 9.47 Å². The number of hydrogen-bond acceptors (Lipinski definition) is 5. The number of rotatable bonds is 7. The summed E-state index contributed by atoms with van der Waals surface area (Å²) in [4.78, 5) is 18.1. The highest BCUT2D eigenvalue weighted by Crippen LogP contribution is 2.60. The number of hydrogen-bond donors (Lipinski definition) is 0. The molecule has 33 heavy (non-hydrogen) atoms. The second kappa shape index (κ2) is 9.21. The van der Waals surface area contributed by atoms with E-state index in [0.29, 0.717) is 62.8 Å². The Morgan fingerprint density at radius 3 is 2.61 bits per heavy atom. The first-order valence-corrected chi connectivity index (χ1v) is 13.4. The largest absolute Gasteiger partial charge is 0.385 e. The van der Waals surface area contributed by atoms with Crippen LogP contribution in [0.5, 0.6) is 0 Å². The molecule has 0 aromatic heterocycles. The number of carbonyl (C=O) groups excluding carboxylic acids is 1. The van der Waals surface area contributed by atoms with Crippen molar-refractivity contribution in [3.05, 3.63) is 29.3 Å². The number of methoxy groups -OCH3 is 1. The monoisotopic (exact) mass is 476 g/mol. The van der Waals surface area contributed by atoms with Crippen molar-refractivity contribution in [1.82, 2.24) is 4.31 Å². The van der Waals surface area contributed by atoms with Crippen molar-refractivity contribution in [2.24, 2.45) is 21.7 Å². The van der Waals surface area contributed by atoms with Crippen LogP contribution in [-0.4, -0.2) is 64.4 Å². The normalized spacial score (nSPS) is 28.5. The first-order valence-electron chi connectivity index (χ1n) is 11.9. The highest BCUT2D eigenvalue weighted by Gasteiger charge is 2.57. The minimum absolute atomic E-state index is 0.0351. The van der Waals surface area contributed by atoms with E-state index in [-0.39, 0.29) is 21.6 Å². The van der Waals surface area contributed by atoms with Gasteiger partial charge in [-0.05, 0) is 55.7 Å². The standard InChI is InChI=1S/C25H36N2O5S/c1-24(2)20-9-10-25(3,17-20)23(24)26-22(28)19-8-7-18(6-5-13-31-4)21(16-19)33(29,30)27-11-14-32-15-12-27/h7-8,16,20H,5-6,9-15,17H2,1-4H3/t20-,25+/m1/s1. The van der Waals surface area contributed by atoms with Gasteiger partial charge in [0.15, 0.2) is 0 Å². The third-order valence-electron chi connectivity index (χ3n) is 7.85. The molecular weight excluding hydrogens is 440 g/mol. The summed E-state index contributed by atoms with van der Waals surface area (Å²) in [5.41, 5.74) is 1.86. The number of nitrogens with zero attached hydrogens (tertiary/aromatic N) is 2. The van der Waals surface area contributed by atoms with Gasteiger partial charge in [0, 0.05) is 48.9 Å². The Hall–Kier alpha value is -1.61. The molecule has 1 aliphatic heterocycles. The maximum atomic E-state index is 13.5. The lowest BCUT2D eigenvalue weighted by molar-refractivity contribution is 0.0730. The summed E-state index contributed by atoms with van der Waals surface area (Å²) in [5, 5.41) is 0. The van der Waals surface area contributed by atoms with Gasteiger partial charge in [-0.15, -0.1) is 0 Å². The first-order chi connectivity index (χ1) is 15.6. The van der Waals surface area contributed by atoms with Crippen LogP contribution in [0.15, 0.2) is 28.1 Å². The van der Waals surface area contributed by atoms with Crippen LogP contribution in [0.25, 0.3) is 0 Å². The number of fused-ring (bicyclic) bond motifs is 2. The summed E-state index contributed by atoms with van der Waals surface area (Å²) in [6.45, 7) is 8.49. The Kier molecular flexibility index (Phi) is 6.84. The Bertz CT molecular complexity index is 1040. The average molecular weight is 477 g/mol. The zero-order valence-electron chi connectivity index (χ0n) is 20.2. The average Bonchev–Trinajstić information content (AvgIpc) is 3.28. The molecular formula is C25H36N2O5S. The number of ether oxygens (including phenoxy) is 2. The molecule has 8 heteroatoms. The van der Waals surface area contributed by atoms with Crippen molar-refractivity contribution in [3.63, 3.8) is 0 Å². The maximum Gasteiger partial charge on any atom is 0.276 e. The Morgan fingerprint density at radius 1 is 1.24 bits per heavy atom. The van der Waals surface area contributed by atoms with E-state index >= 15 is 0 Å². The molecule has 0 spiro atoms. The van der Waals surface area contributed by atoms with Crippen molar-refractivity contribution in [3.8, 4) is 0 Å². The highest BCUT2D eigenvalue weighted by molar-refractivity contribution is 7.89. The lowest BCUT2D eigenvalue weighted by Gasteiger charge is -2.35. The Labute approximate surface area is 197 Å². The zero-order valence-corrected chi connectivity index (χ0v) is 21.0. The number of amides is 1.